The van der Waals surface area contributed by atoms with Crippen molar-refractivity contribution in [2.45, 2.75) is 12.5 Å². The molecule has 0 radical (unpaired) electrons. The zero-order valence-corrected chi connectivity index (χ0v) is 11.9. The third-order valence-corrected chi connectivity index (χ3v) is 3.58. The monoisotopic (exact) mass is 286 g/mol. The highest BCUT2D eigenvalue weighted by Crippen LogP contribution is 2.30. The van der Waals surface area contributed by atoms with Crippen molar-refractivity contribution in [1.29, 1.82) is 5.26 Å². The van der Waals surface area contributed by atoms with Crippen LogP contribution < -0.4 is 5.32 Å². The maximum Gasteiger partial charge on any atom is 0.103 e. The molecule has 0 aliphatic carbocycles. The second-order valence-electron chi connectivity index (χ2n) is 4.76. The van der Waals surface area contributed by atoms with Crippen molar-refractivity contribution in [2.24, 2.45) is 0 Å². The molecule has 1 atom stereocenters. The molecule has 0 spiro atoms. The molecule has 0 aromatic heterocycles. The Balaban J connectivity index is 2.42. The van der Waals surface area contributed by atoms with Gasteiger partial charge in [-0.15, -0.1) is 0 Å². The third-order valence-electron chi connectivity index (χ3n) is 3.26. The molecule has 20 heavy (non-hydrogen) atoms. The smallest absolute Gasteiger partial charge is 0.103 e. The van der Waals surface area contributed by atoms with Crippen LogP contribution >= 0.6 is 11.6 Å². The largest absolute Gasteiger partial charge is 0.394 e. The summed E-state index contributed by atoms with van der Waals surface area (Å²) in [5.41, 5.74) is 1.24. The van der Waals surface area contributed by atoms with Crippen LogP contribution in [-0.4, -0.2) is 11.7 Å². The molecule has 0 saturated heterocycles. The number of nitrogens with one attached hydrogen (secondary N) is 1. The molecule has 2 aromatic carbocycles. The maximum atomic E-state index is 9.75. The number of aliphatic hydroxyl groups excluding tert-OH is 1. The Hall–Kier alpha value is -2.02. The number of halogens is 1. The molecule has 0 amide bonds. The van der Waals surface area contributed by atoms with E-state index in [1.807, 2.05) is 37.3 Å². The van der Waals surface area contributed by atoms with Gasteiger partial charge in [-0.3, -0.25) is 0 Å². The maximum absolute atomic E-state index is 9.75. The first-order valence-corrected chi connectivity index (χ1v) is 6.62. The fourth-order valence-electron chi connectivity index (χ4n) is 2.05. The van der Waals surface area contributed by atoms with Crippen LogP contribution in [0.2, 0.25) is 5.02 Å². The molecule has 0 aliphatic heterocycles. The molecule has 0 aliphatic rings. The summed E-state index contributed by atoms with van der Waals surface area (Å²) < 4.78 is 0. The highest BCUT2D eigenvalue weighted by atomic mass is 35.5. The van der Waals surface area contributed by atoms with E-state index >= 15 is 0 Å². The van der Waals surface area contributed by atoms with E-state index in [0.717, 1.165) is 5.56 Å². The lowest BCUT2D eigenvalue weighted by Crippen LogP contribution is -2.36. The number of rotatable bonds is 4. The fraction of sp³-hybridized carbons (Fsp3) is 0.188. The Bertz CT molecular complexity index is 637. The third kappa shape index (κ3) is 2.77. The molecule has 0 saturated carbocycles. The minimum absolute atomic E-state index is 0.103. The lowest BCUT2D eigenvalue weighted by molar-refractivity contribution is 0.224. The van der Waals surface area contributed by atoms with E-state index in [9.17, 15) is 10.4 Å². The second-order valence-corrected chi connectivity index (χ2v) is 5.16. The normalized spacial score (nSPS) is 13.3. The molecule has 0 fully saturated rings. The summed E-state index contributed by atoms with van der Waals surface area (Å²) in [4.78, 5) is 0. The first-order valence-electron chi connectivity index (χ1n) is 6.24. The van der Waals surface area contributed by atoms with Crippen LogP contribution in [0.4, 0.5) is 5.69 Å². The van der Waals surface area contributed by atoms with E-state index < -0.39 is 5.54 Å². The number of nitrogens with zero attached hydrogens (tertiary/aromatic N) is 1. The topological polar surface area (TPSA) is 56.0 Å². The Kier molecular flexibility index (Phi) is 4.29. The summed E-state index contributed by atoms with van der Waals surface area (Å²) in [5.74, 6) is 0. The van der Waals surface area contributed by atoms with Crippen molar-refractivity contribution in [1.82, 2.24) is 0 Å². The van der Waals surface area contributed by atoms with Gasteiger partial charge in [-0.25, -0.2) is 0 Å². The Morgan fingerprint density at radius 2 is 1.90 bits per heavy atom. The van der Waals surface area contributed by atoms with Crippen LogP contribution in [0.5, 0.6) is 0 Å². The van der Waals surface area contributed by atoms with Crippen molar-refractivity contribution in [3.8, 4) is 6.07 Å². The average Bonchev–Trinajstić information content (AvgIpc) is 2.48. The van der Waals surface area contributed by atoms with Gasteiger partial charge in [0.1, 0.15) is 6.07 Å². The molecule has 4 heteroatoms. The lowest BCUT2D eigenvalue weighted by atomic mass is 9.92. The van der Waals surface area contributed by atoms with Gasteiger partial charge >= 0.3 is 0 Å². The van der Waals surface area contributed by atoms with E-state index in [-0.39, 0.29) is 6.61 Å². The zero-order chi connectivity index (χ0) is 14.6. The van der Waals surface area contributed by atoms with Gasteiger partial charge in [0.2, 0.25) is 0 Å². The molecule has 0 heterocycles. The van der Waals surface area contributed by atoms with E-state index in [4.69, 9.17) is 11.6 Å². The highest BCUT2D eigenvalue weighted by Gasteiger charge is 2.26. The molecule has 102 valence electrons. The number of hydrogen-bond donors (Lipinski definition) is 2. The van der Waals surface area contributed by atoms with Crippen LogP contribution in [0.25, 0.3) is 0 Å². The summed E-state index contributed by atoms with van der Waals surface area (Å²) in [6.45, 7) is 1.78. The summed E-state index contributed by atoms with van der Waals surface area (Å²) in [6.07, 6.45) is 0. The van der Waals surface area contributed by atoms with Gasteiger partial charge in [-0.2, -0.15) is 5.26 Å². The molecule has 0 bridgehead atoms. The molecular weight excluding hydrogens is 272 g/mol. The van der Waals surface area contributed by atoms with Gasteiger partial charge in [0, 0.05) is 0 Å². The summed E-state index contributed by atoms with van der Waals surface area (Å²) in [7, 11) is 0. The molecular formula is C16H15ClN2O. The van der Waals surface area contributed by atoms with Crippen molar-refractivity contribution >= 4 is 17.3 Å². The SMILES string of the molecule is CC(CO)(Nc1cccc(Cl)c1C#N)c1ccccc1. The Morgan fingerprint density at radius 1 is 1.20 bits per heavy atom. The quantitative estimate of drug-likeness (QED) is 0.904. The number of hydrogen-bond acceptors (Lipinski definition) is 3. The number of anilines is 1. The van der Waals surface area contributed by atoms with Gasteiger partial charge in [0.05, 0.1) is 28.4 Å². The predicted octanol–water partition coefficient (Wildman–Crippen LogP) is 3.53. The number of aliphatic hydroxyl groups is 1. The van der Waals surface area contributed by atoms with E-state index in [1.54, 1.807) is 18.2 Å². The molecule has 2 rings (SSSR count). The van der Waals surface area contributed by atoms with Crippen LogP contribution in [0.1, 0.15) is 18.1 Å². The first kappa shape index (κ1) is 14.4. The van der Waals surface area contributed by atoms with E-state index in [1.165, 1.54) is 0 Å². The lowest BCUT2D eigenvalue weighted by Gasteiger charge is -2.31. The minimum atomic E-state index is -0.683. The van der Waals surface area contributed by atoms with Crippen molar-refractivity contribution in [3.05, 3.63) is 64.7 Å². The van der Waals surface area contributed by atoms with Crippen molar-refractivity contribution in [3.63, 3.8) is 0 Å². The average molecular weight is 287 g/mol. The fourth-order valence-corrected chi connectivity index (χ4v) is 2.26. The van der Waals surface area contributed by atoms with Gasteiger partial charge in [-0.05, 0) is 24.6 Å². The molecule has 2 aromatic rings. The molecule has 1 unspecified atom stereocenters. The van der Waals surface area contributed by atoms with Crippen LogP contribution in [0, 0.1) is 11.3 Å². The van der Waals surface area contributed by atoms with Gasteiger partial charge in [-0.1, -0.05) is 48.0 Å². The van der Waals surface area contributed by atoms with Crippen LogP contribution in [-0.2, 0) is 5.54 Å². The van der Waals surface area contributed by atoms with Crippen LogP contribution in [0.3, 0.4) is 0 Å². The predicted molar refractivity (Wildman–Crippen MR) is 80.7 cm³/mol. The zero-order valence-electron chi connectivity index (χ0n) is 11.1. The van der Waals surface area contributed by atoms with E-state index in [0.29, 0.717) is 16.3 Å². The second kappa shape index (κ2) is 5.96. The summed E-state index contributed by atoms with van der Waals surface area (Å²) in [6, 6.07) is 16.9. The Labute approximate surface area is 123 Å². The summed E-state index contributed by atoms with van der Waals surface area (Å²) >= 11 is 6.02. The van der Waals surface area contributed by atoms with Crippen LogP contribution in [0.15, 0.2) is 48.5 Å². The summed E-state index contributed by atoms with van der Waals surface area (Å²) in [5, 5.41) is 22.6. The molecule has 2 N–H and O–H groups in total. The highest BCUT2D eigenvalue weighted by molar-refractivity contribution is 6.32. The van der Waals surface area contributed by atoms with Crippen molar-refractivity contribution in [2.75, 3.05) is 11.9 Å². The van der Waals surface area contributed by atoms with Gasteiger partial charge in [0.15, 0.2) is 0 Å². The van der Waals surface area contributed by atoms with Gasteiger partial charge in [0.25, 0.3) is 0 Å². The number of benzene rings is 2. The first-order chi connectivity index (χ1) is 9.60. The standard InChI is InChI=1S/C16H15ClN2O/c1-16(11-20,12-6-3-2-4-7-12)19-15-9-5-8-14(17)13(15)10-18/h2-9,19-20H,11H2,1H3. The minimum Gasteiger partial charge on any atom is -0.394 e. The molecule has 3 nitrogen and oxygen atoms in total. The number of nitriles is 1. The Morgan fingerprint density at radius 3 is 2.50 bits per heavy atom. The van der Waals surface area contributed by atoms with E-state index in [2.05, 4.69) is 11.4 Å². The van der Waals surface area contributed by atoms with Crippen molar-refractivity contribution < 1.29 is 5.11 Å². The van der Waals surface area contributed by atoms with Gasteiger partial charge < -0.3 is 10.4 Å².